The molecule has 1 aliphatic carbocycles. The Labute approximate surface area is 153 Å². The summed E-state index contributed by atoms with van der Waals surface area (Å²) in [4.78, 5) is 12.7. The van der Waals surface area contributed by atoms with Gasteiger partial charge in [0.05, 0.1) is 25.4 Å². The first-order valence-electron chi connectivity index (χ1n) is 9.16. The Hall–Kier alpha value is -2.37. The summed E-state index contributed by atoms with van der Waals surface area (Å²) in [7, 11) is 1.61. The summed E-state index contributed by atoms with van der Waals surface area (Å²) in [5.74, 6) is 1.10. The fourth-order valence-corrected chi connectivity index (χ4v) is 3.33. The van der Waals surface area contributed by atoms with Gasteiger partial charge in [0.25, 0.3) is 5.91 Å². The quantitative estimate of drug-likeness (QED) is 0.865. The number of ether oxygens (including phenoxy) is 2. The normalized spacial score (nSPS) is 19.8. The minimum atomic E-state index is -0.160. The lowest BCUT2D eigenvalue weighted by Gasteiger charge is -2.24. The van der Waals surface area contributed by atoms with Crippen molar-refractivity contribution in [1.29, 1.82) is 0 Å². The zero-order valence-corrected chi connectivity index (χ0v) is 15.0. The molecule has 26 heavy (non-hydrogen) atoms. The highest BCUT2D eigenvalue weighted by molar-refractivity contribution is 6.06. The molecule has 1 heterocycles. The van der Waals surface area contributed by atoms with E-state index in [1.54, 1.807) is 7.11 Å². The molecule has 2 fully saturated rings. The third-order valence-corrected chi connectivity index (χ3v) is 4.99. The van der Waals surface area contributed by atoms with Crippen LogP contribution < -0.4 is 15.4 Å². The zero-order chi connectivity index (χ0) is 17.9. The van der Waals surface area contributed by atoms with Crippen molar-refractivity contribution in [2.45, 2.75) is 24.9 Å². The Balaban J connectivity index is 1.45. The van der Waals surface area contributed by atoms with Gasteiger partial charge >= 0.3 is 0 Å². The molecule has 0 aromatic heterocycles. The smallest absolute Gasteiger partial charge is 0.259 e. The second kappa shape index (κ2) is 7.48. The fourth-order valence-electron chi connectivity index (χ4n) is 3.33. The molecule has 5 heteroatoms. The number of carbonyl (C=O) groups excluding carboxylic acids is 1. The summed E-state index contributed by atoms with van der Waals surface area (Å²) in [5.41, 5.74) is 3.68. The van der Waals surface area contributed by atoms with Gasteiger partial charge < -0.3 is 20.1 Å². The maximum atomic E-state index is 12.7. The summed E-state index contributed by atoms with van der Waals surface area (Å²) in [6.07, 6.45) is 2.52. The van der Waals surface area contributed by atoms with E-state index in [0.717, 1.165) is 30.9 Å². The first-order valence-corrected chi connectivity index (χ1v) is 9.16. The molecular weight excluding hydrogens is 328 g/mol. The van der Waals surface area contributed by atoms with E-state index in [1.165, 1.54) is 18.4 Å². The van der Waals surface area contributed by atoms with E-state index in [9.17, 15) is 4.79 Å². The molecule has 0 radical (unpaired) electrons. The molecule has 0 bridgehead atoms. The predicted octanol–water partition coefficient (Wildman–Crippen LogP) is 3.49. The third kappa shape index (κ3) is 3.74. The predicted molar refractivity (Wildman–Crippen MR) is 101 cm³/mol. The van der Waals surface area contributed by atoms with Crippen LogP contribution in [0.4, 0.5) is 5.69 Å². The number of nitrogens with one attached hydrogen (secondary N) is 2. The molecule has 1 saturated heterocycles. The van der Waals surface area contributed by atoms with Crippen LogP contribution in [-0.4, -0.2) is 32.7 Å². The van der Waals surface area contributed by atoms with Crippen molar-refractivity contribution >= 4 is 11.6 Å². The number of rotatable bonds is 5. The number of anilines is 1. The van der Waals surface area contributed by atoms with Crippen molar-refractivity contribution in [3.63, 3.8) is 0 Å². The fraction of sp³-hybridized carbons (Fsp3) is 0.381. The van der Waals surface area contributed by atoms with Crippen molar-refractivity contribution in [3.8, 4) is 5.75 Å². The van der Waals surface area contributed by atoms with Gasteiger partial charge in [-0.3, -0.25) is 4.79 Å². The first-order chi connectivity index (χ1) is 12.7. The maximum absolute atomic E-state index is 12.7. The Morgan fingerprint density at radius 1 is 1.15 bits per heavy atom. The van der Waals surface area contributed by atoms with Crippen LogP contribution in [0.1, 0.15) is 46.3 Å². The Kier molecular flexibility index (Phi) is 4.91. The highest BCUT2D eigenvalue weighted by Gasteiger charge is 2.25. The van der Waals surface area contributed by atoms with Crippen molar-refractivity contribution in [3.05, 3.63) is 59.2 Å². The van der Waals surface area contributed by atoms with Gasteiger partial charge in [0.15, 0.2) is 0 Å². The van der Waals surface area contributed by atoms with E-state index < -0.39 is 0 Å². The lowest BCUT2D eigenvalue weighted by molar-refractivity contribution is 0.0277. The maximum Gasteiger partial charge on any atom is 0.259 e. The van der Waals surface area contributed by atoms with Crippen LogP contribution in [0.15, 0.2) is 42.5 Å². The number of morpholine rings is 1. The summed E-state index contributed by atoms with van der Waals surface area (Å²) >= 11 is 0. The van der Waals surface area contributed by atoms with Gasteiger partial charge in [0, 0.05) is 18.8 Å². The van der Waals surface area contributed by atoms with Gasteiger partial charge in [-0.15, -0.1) is 0 Å². The number of hydrogen-bond acceptors (Lipinski definition) is 4. The van der Waals surface area contributed by atoms with Crippen LogP contribution in [0, 0.1) is 0 Å². The highest BCUT2D eigenvalue weighted by Crippen LogP contribution is 2.41. The highest BCUT2D eigenvalue weighted by atomic mass is 16.5. The summed E-state index contributed by atoms with van der Waals surface area (Å²) in [6, 6.07) is 13.7. The van der Waals surface area contributed by atoms with Crippen LogP contribution in [0.25, 0.3) is 0 Å². The summed E-state index contributed by atoms with van der Waals surface area (Å²) < 4.78 is 11.2. The SMILES string of the molecule is COc1cc(C2CC2)ccc1C(=O)Nc1ccc([C@@H]2CNCCO2)cc1. The molecule has 1 saturated carbocycles. The summed E-state index contributed by atoms with van der Waals surface area (Å²) in [6.45, 7) is 2.43. The van der Waals surface area contributed by atoms with Gasteiger partial charge in [0.2, 0.25) is 0 Å². The van der Waals surface area contributed by atoms with E-state index in [1.807, 2.05) is 42.5 Å². The first kappa shape index (κ1) is 17.1. The van der Waals surface area contributed by atoms with E-state index in [-0.39, 0.29) is 12.0 Å². The van der Waals surface area contributed by atoms with Crippen molar-refractivity contribution < 1.29 is 14.3 Å². The molecule has 2 aromatic rings. The average Bonchev–Trinajstić information content (AvgIpc) is 3.54. The van der Waals surface area contributed by atoms with E-state index in [0.29, 0.717) is 17.2 Å². The number of benzene rings is 2. The molecule has 5 nitrogen and oxygen atoms in total. The van der Waals surface area contributed by atoms with Gasteiger partial charge in [0.1, 0.15) is 5.75 Å². The standard InChI is InChI=1S/C21H24N2O3/c1-25-19-12-16(14-2-3-14)6-9-18(19)21(24)23-17-7-4-15(5-8-17)20-13-22-10-11-26-20/h4-9,12,14,20,22H,2-3,10-11,13H2,1H3,(H,23,24)/t20-/m0/s1. The van der Waals surface area contributed by atoms with Crippen LogP contribution in [-0.2, 0) is 4.74 Å². The number of hydrogen-bond donors (Lipinski definition) is 2. The molecule has 2 aliphatic rings. The largest absolute Gasteiger partial charge is 0.496 e. The molecule has 2 N–H and O–H groups in total. The van der Waals surface area contributed by atoms with Crippen molar-refractivity contribution in [2.24, 2.45) is 0 Å². The monoisotopic (exact) mass is 352 g/mol. The molecule has 136 valence electrons. The Bertz CT molecular complexity index is 778. The van der Waals surface area contributed by atoms with Gasteiger partial charge in [-0.25, -0.2) is 0 Å². The zero-order valence-electron chi connectivity index (χ0n) is 15.0. The summed E-state index contributed by atoms with van der Waals surface area (Å²) in [5, 5.41) is 6.27. The van der Waals surface area contributed by atoms with Gasteiger partial charge in [-0.1, -0.05) is 18.2 Å². The topological polar surface area (TPSA) is 59.6 Å². The molecule has 1 atom stereocenters. The lowest BCUT2D eigenvalue weighted by atomic mass is 10.1. The van der Waals surface area contributed by atoms with E-state index >= 15 is 0 Å². The van der Waals surface area contributed by atoms with Crippen LogP contribution in [0.3, 0.4) is 0 Å². The molecular formula is C21H24N2O3. The van der Waals surface area contributed by atoms with E-state index in [4.69, 9.17) is 9.47 Å². The minimum absolute atomic E-state index is 0.0727. The van der Waals surface area contributed by atoms with E-state index in [2.05, 4.69) is 10.6 Å². The third-order valence-electron chi connectivity index (χ3n) is 4.99. The molecule has 0 spiro atoms. The lowest BCUT2D eigenvalue weighted by Crippen LogP contribution is -2.33. The molecule has 1 amide bonds. The second-order valence-electron chi connectivity index (χ2n) is 6.87. The molecule has 2 aromatic carbocycles. The van der Waals surface area contributed by atoms with Crippen molar-refractivity contribution in [1.82, 2.24) is 5.32 Å². The number of amides is 1. The molecule has 4 rings (SSSR count). The van der Waals surface area contributed by atoms with Gasteiger partial charge in [-0.05, 0) is 54.2 Å². The molecule has 0 unspecified atom stereocenters. The van der Waals surface area contributed by atoms with Crippen LogP contribution in [0.2, 0.25) is 0 Å². The van der Waals surface area contributed by atoms with Crippen LogP contribution in [0.5, 0.6) is 5.75 Å². The van der Waals surface area contributed by atoms with Crippen LogP contribution >= 0.6 is 0 Å². The Morgan fingerprint density at radius 2 is 1.92 bits per heavy atom. The minimum Gasteiger partial charge on any atom is -0.496 e. The number of carbonyl (C=O) groups is 1. The average molecular weight is 352 g/mol. The second-order valence-corrected chi connectivity index (χ2v) is 6.87. The molecule has 1 aliphatic heterocycles. The number of methoxy groups -OCH3 is 1. The Morgan fingerprint density at radius 3 is 2.58 bits per heavy atom. The van der Waals surface area contributed by atoms with Crippen molar-refractivity contribution in [2.75, 3.05) is 32.1 Å². The van der Waals surface area contributed by atoms with Gasteiger partial charge in [-0.2, -0.15) is 0 Å².